The van der Waals surface area contributed by atoms with E-state index >= 15 is 0 Å². The van der Waals surface area contributed by atoms with Crippen LogP contribution in [0.5, 0.6) is 0 Å². The Kier molecular flexibility index (Phi) is 5.80. The maximum atomic E-state index is 12.2. The molecule has 2 atom stereocenters. The summed E-state index contributed by atoms with van der Waals surface area (Å²) in [6.07, 6.45) is 6.16. The first-order valence-electron chi connectivity index (χ1n) is 8.33. The summed E-state index contributed by atoms with van der Waals surface area (Å²) in [5.74, 6) is 0.855. The first kappa shape index (κ1) is 16.0. The summed E-state index contributed by atoms with van der Waals surface area (Å²) in [6, 6.07) is 6.82. The van der Waals surface area contributed by atoms with Crippen LogP contribution in [-0.4, -0.2) is 18.5 Å². The number of carbonyl (C=O) groups excluding carboxylic acids is 1. The molecular weight excluding hydrogens is 260 g/mol. The number of nitrogens with one attached hydrogen (secondary N) is 1. The molecule has 0 heterocycles. The highest BCUT2D eigenvalue weighted by Crippen LogP contribution is 2.22. The Morgan fingerprint density at radius 1 is 1.33 bits per heavy atom. The van der Waals surface area contributed by atoms with Gasteiger partial charge in [0.15, 0.2) is 6.54 Å². The number of nitrogens with two attached hydrogens (primary N) is 1. The van der Waals surface area contributed by atoms with Gasteiger partial charge in [-0.25, -0.2) is 0 Å². The Bertz CT molecular complexity index is 484. The van der Waals surface area contributed by atoms with E-state index in [1.54, 1.807) is 0 Å². The number of amides is 1. The van der Waals surface area contributed by atoms with E-state index in [9.17, 15) is 4.79 Å². The molecule has 1 aliphatic rings. The third kappa shape index (κ3) is 4.31. The van der Waals surface area contributed by atoms with Crippen molar-refractivity contribution in [2.75, 3.05) is 11.9 Å². The van der Waals surface area contributed by atoms with Crippen LogP contribution in [0.4, 0.5) is 5.69 Å². The molecule has 1 aliphatic carbocycles. The van der Waals surface area contributed by atoms with Crippen LogP contribution in [-0.2, 0) is 11.2 Å². The topological polar surface area (TPSA) is 45.7 Å². The Hall–Kier alpha value is -1.35. The quantitative estimate of drug-likeness (QED) is 0.860. The maximum Gasteiger partial charge on any atom is 0.279 e. The Labute approximate surface area is 128 Å². The van der Waals surface area contributed by atoms with Gasteiger partial charge in [-0.1, -0.05) is 38.5 Å². The molecule has 1 amide bonds. The van der Waals surface area contributed by atoms with E-state index in [-0.39, 0.29) is 5.91 Å². The summed E-state index contributed by atoms with van der Waals surface area (Å²) >= 11 is 0. The molecule has 1 aromatic carbocycles. The Morgan fingerprint density at radius 3 is 2.81 bits per heavy atom. The molecule has 0 unspecified atom stereocenters. The van der Waals surface area contributed by atoms with Crippen LogP contribution in [0.3, 0.4) is 0 Å². The normalized spacial score (nSPS) is 22.0. The van der Waals surface area contributed by atoms with Gasteiger partial charge in [0.25, 0.3) is 5.91 Å². The highest BCUT2D eigenvalue weighted by molar-refractivity contribution is 5.93. The van der Waals surface area contributed by atoms with Gasteiger partial charge in [0.1, 0.15) is 0 Å². The average molecular weight is 289 g/mol. The van der Waals surface area contributed by atoms with Crippen LogP contribution in [0.15, 0.2) is 18.2 Å². The van der Waals surface area contributed by atoms with Crippen molar-refractivity contribution in [2.45, 2.75) is 58.9 Å². The minimum atomic E-state index is 0.122. The number of carbonyl (C=O) groups is 1. The standard InChI is InChI=1S/C18H28N2O/c1-4-15-10-7-9-14(3)18(15)20-17(21)12-19-16-11-6-5-8-13(16)2/h7,9-10,13,16,19H,4-6,8,11-12H2,1-3H3,(H,20,21)/p+1/t13-,16+/m0/s1. The number of anilines is 1. The lowest BCUT2D eigenvalue weighted by atomic mass is 9.86. The number of aryl methyl sites for hydroxylation is 2. The number of hydrogen-bond acceptors (Lipinski definition) is 1. The molecular formula is C18H29N2O+. The van der Waals surface area contributed by atoms with Crippen molar-refractivity contribution in [3.8, 4) is 0 Å². The summed E-state index contributed by atoms with van der Waals surface area (Å²) < 4.78 is 0. The van der Waals surface area contributed by atoms with Crippen molar-refractivity contribution in [2.24, 2.45) is 5.92 Å². The van der Waals surface area contributed by atoms with E-state index in [4.69, 9.17) is 0 Å². The van der Waals surface area contributed by atoms with Crippen LogP contribution in [0.2, 0.25) is 0 Å². The third-order valence-corrected chi connectivity index (χ3v) is 4.79. The predicted molar refractivity (Wildman–Crippen MR) is 87.4 cm³/mol. The van der Waals surface area contributed by atoms with Gasteiger partial charge in [-0.3, -0.25) is 4.79 Å². The van der Waals surface area contributed by atoms with E-state index < -0.39 is 0 Å². The van der Waals surface area contributed by atoms with Crippen LogP contribution in [0.1, 0.15) is 50.7 Å². The van der Waals surface area contributed by atoms with Gasteiger partial charge in [-0.15, -0.1) is 0 Å². The number of quaternary nitrogens is 1. The van der Waals surface area contributed by atoms with Gasteiger partial charge in [-0.05, 0) is 43.7 Å². The van der Waals surface area contributed by atoms with Crippen LogP contribution in [0, 0.1) is 12.8 Å². The zero-order valence-electron chi connectivity index (χ0n) is 13.6. The summed E-state index contributed by atoms with van der Waals surface area (Å²) in [4.78, 5) is 12.2. The number of para-hydroxylation sites is 1. The van der Waals surface area contributed by atoms with E-state index in [0.717, 1.165) is 23.6 Å². The smallest absolute Gasteiger partial charge is 0.279 e. The summed E-state index contributed by atoms with van der Waals surface area (Å²) in [5.41, 5.74) is 3.37. The lowest BCUT2D eigenvalue weighted by Crippen LogP contribution is -2.93. The van der Waals surface area contributed by atoms with Crippen molar-refractivity contribution >= 4 is 11.6 Å². The van der Waals surface area contributed by atoms with Gasteiger partial charge in [-0.2, -0.15) is 0 Å². The van der Waals surface area contributed by atoms with Crippen molar-refractivity contribution in [3.63, 3.8) is 0 Å². The highest BCUT2D eigenvalue weighted by atomic mass is 16.1. The van der Waals surface area contributed by atoms with Crippen molar-refractivity contribution in [1.82, 2.24) is 0 Å². The average Bonchev–Trinajstić information content (AvgIpc) is 2.48. The molecule has 3 nitrogen and oxygen atoms in total. The van der Waals surface area contributed by atoms with E-state index in [2.05, 4.69) is 49.6 Å². The van der Waals surface area contributed by atoms with Gasteiger partial charge in [0, 0.05) is 11.6 Å². The zero-order chi connectivity index (χ0) is 15.2. The second-order valence-corrected chi connectivity index (χ2v) is 6.38. The lowest BCUT2D eigenvalue weighted by molar-refractivity contribution is -0.687. The van der Waals surface area contributed by atoms with Crippen molar-refractivity contribution in [3.05, 3.63) is 29.3 Å². The summed E-state index contributed by atoms with van der Waals surface area (Å²) in [7, 11) is 0. The molecule has 0 saturated heterocycles. The van der Waals surface area contributed by atoms with Gasteiger partial charge in [0.05, 0.1) is 6.04 Å². The lowest BCUT2D eigenvalue weighted by Gasteiger charge is -2.26. The fourth-order valence-electron chi connectivity index (χ4n) is 3.35. The molecule has 3 heteroatoms. The molecule has 0 aliphatic heterocycles. The monoisotopic (exact) mass is 289 g/mol. The van der Waals surface area contributed by atoms with Gasteiger partial charge >= 0.3 is 0 Å². The van der Waals surface area contributed by atoms with Crippen LogP contribution in [0.25, 0.3) is 0 Å². The van der Waals surface area contributed by atoms with E-state index in [1.165, 1.54) is 31.2 Å². The highest BCUT2D eigenvalue weighted by Gasteiger charge is 2.24. The molecule has 21 heavy (non-hydrogen) atoms. The molecule has 0 aromatic heterocycles. The second-order valence-electron chi connectivity index (χ2n) is 6.38. The molecule has 1 fully saturated rings. The fraction of sp³-hybridized carbons (Fsp3) is 0.611. The first-order chi connectivity index (χ1) is 10.1. The third-order valence-electron chi connectivity index (χ3n) is 4.79. The van der Waals surface area contributed by atoms with E-state index in [0.29, 0.717) is 12.6 Å². The fourth-order valence-corrected chi connectivity index (χ4v) is 3.35. The van der Waals surface area contributed by atoms with E-state index in [1.807, 2.05) is 0 Å². The molecule has 3 N–H and O–H groups in total. The molecule has 0 bridgehead atoms. The zero-order valence-corrected chi connectivity index (χ0v) is 13.6. The van der Waals surface area contributed by atoms with Crippen molar-refractivity contribution in [1.29, 1.82) is 0 Å². The molecule has 1 aromatic rings. The minimum Gasteiger partial charge on any atom is -0.336 e. The summed E-state index contributed by atoms with van der Waals surface area (Å²) in [5, 5.41) is 5.35. The molecule has 0 spiro atoms. The molecule has 2 rings (SSSR count). The minimum absolute atomic E-state index is 0.122. The van der Waals surface area contributed by atoms with Gasteiger partial charge in [0.2, 0.25) is 0 Å². The molecule has 1 saturated carbocycles. The van der Waals surface area contributed by atoms with Gasteiger partial charge < -0.3 is 10.6 Å². The number of rotatable bonds is 5. The molecule has 116 valence electrons. The number of hydrogen-bond donors (Lipinski definition) is 2. The predicted octanol–water partition coefficient (Wildman–Crippen LogP) is 2.64. The van der Waals surface area contributed by atoms with Crippen molar-refractivity contribution < 1.29 is 10.1 Å². The Morgan fingerprint density at radius 2 is 2.10 bits per heavy atom. The SMILES string of the molecule is CCc1cccc(C)c1NC(=O)C[NH2+][C@@H]1CCCC[C@@H]1C. The molecule has 0 radical (unpaired) electrons. The largest absolute Gasteiger partial charge is 0.336 e. The first-order valence-corrected chi connectivity index (χ1v) is 8.33. The number of benzene rings is 1. The maximum absolute atomic E-state index is 12.2. The Balaban J connectivity index is 1.90. The van der Waals surface area contributed by atoms with Crippen LogP contribution < -0.4 is 10.6 Å². The second kappa shape index (κ2) is 7.60. The summed E-state index contributed by atoms with van der Waals surface area (Å²) in [6.45, 7) is 7.03. The van der Waals surface area contributed by atoms with Crippen LogP contribution >= 0.6 is 0 Å².